The number of aromatic amines is 1. The van der Waals surface area contributed by atoms with E-state index in [2.05, 4.69) is 36.2 Å². The molecule has 1 aliphatic heterocycles. The minimum absolute atomic E-state index is 0.0474. The molecule has 19 nitrogen and oxygen atoms in total. The zero-order valence-electron chi connectivity index (χ0n) is 35.3. The van der Waals surface area contributed by atoms with Crippen molar-refractivity contribution in [3.63, 3.8) is 0 Å². The molecule has 0 saturated heterocycles. The number of carbonyl (C=O) groups excluding carboxylic acids is 4. The summed E-state index contributed by atoms with van der Waals surface area (Å²) in [5, 5.41) is 19.7. The number of carbonyl (C=O) groups is 4. The molecule has 0 spiro atoms. The average molecular weight is 875 g/mol. The van der Waals surface area contributed by atoms with Gasteiger partial charge in [-0.15, -0.1) is 0 Å². The Kier molecular flexibility index (Phi) is 14.8. The fourth-order valence-corrected chi connectivity index (χ4v) is 7.62. The first kappa shape index (κ1) is 45.8. The van der Waals surface area contributed by atoms with E-state index >= 15 is 4.39 Å². The van der Waals surface area contributed by atoms with Gasteiger partial charge in [0, 0.05) is 50.3 Å². The van der Waals surface area contributed by atoms with Gasteiger partial charge < -0.3 is 41.8 Å². The van der Waals surface area contributed by atoms with Crippen LogP contribution in [0, 0.1) is 11.7 Å². The molecule has 6 rings (SSSR count). The minimum Gasteiger partial charge on any atom is -0.445 e. The second-order valence-corrected chi connectivity index (χ2v) is 15.6. The van der Waals surface area contributed by atoms with E-state index in [-0.39, 0.29) is 57.0 Å². The van der Waals surface area contributed by atoms with E-state index in [9.17, 15) is 28.4 Å². The number of primary amides is 1. The lowest BCUT2D eigenvalue weighted by Crippen LogP contribution is -2.57. The summed E-state index contributed by atoms with van der Waals surface area (Å²) in [6.45, 7) is 3.58. The molecular weight excluding hydrogens is 823 g/mol. The molecule has 0 bridgehead atoms. The highest BCUT2D eigenvalue weighted by molar-refractivity contribution is 5.97. The fourth-order valence-electron chi connectivity index (χ4n) is 7.62. The molecule has 2 aliphatic rings. The monoisotopic (exact) mass is 874 g/mol. The number of alkyl halides is 1. The Morgan fingerprint density at radius 1 is 1.08 bits per heavy atom. The largest absolute Gasteiger partial charge is 0.445 e. The molecule has 0 fully saturated rings. The summed E-state index contributed by atoms with van der Waals surface area (Å²) in [7, 11) is 3.18. The lowest BCUT2D eigenvalue weighted by molar-refractivity contribution is -0.128. The van der Waals surface area contributed by atoms with Gasteiger partial charge in [0.1, 0.15) is 36.8 Å². The van der Waals surface area contributed by atoms with Crippen molar-refractivity contribution < 1.29 is 37.4 Å². The molecule has 8 N–H and O–H groups in total. The number of aryl methyl sites for hydroxylation is 1. The van der Waals surface area contributed by atoms with Crippen LogP contribution in [0.4, 0.5) is 24.1 Å². The van der Waals surface area contributed by atoms with E-state index in [0.29, 0.717) is 45.7 Å². The van der Waals surface area contributed by atoms with E-state index in [1.807, 2.05) is 4.90 Å². The predicted octanol–water partition coefficient (Wildman–Crippen LogP) is 0.955. The third-order valence-electron chi connectivity index (χ3n) is 11.0. The fraction of sp³-hybridized carbons (Fsp3) is 0.429. The van der Waals surface area contributed by atoms with E-state index in [1.165, 1.54) is 36.5 Å². The number of hydrogen-bond donors (Lipinski definition) is 6. The Labute approximate surface area is 360 Å². The zero-order chi connectivity index (χ0) is 45.4. The van der Waals surface area contributed by atoms with E-state index in [4.69, 9.17) is 20.9 Å². The molecule has 2 aromatic heterocycles. The van der Waals surface area contributed by atoms with Crippen LogP contribution >= 0.6 is 0 Å². The van der Waals surface area contributed by atoms with Crippen LogP contribution in [0.25, 0.3) is 11.8 Å². The minimum atomic E-state index is -1.54. The summed E-state index contributed by atoms with van der Waals surface area (Å²) in [4.78, 5) is 72.2. The Balaban J connectivity index is 1.24. The zero-order valence-corrected chi connectivity index (χ0v) is 35.3. The molecule has 0 saturated carbocycles. The van der Waals surface area contributed by atoms with Crippen molar-refractivity contribution in [3.05, 3.63) is 104 Å². The molecule has 5 atom stereocenters. The maximum Gasteiger partial charge on any atom is 0.411 e. The van der Waals surface area contributed by atoms with Crippen LogP contribution in [0.15, 0.2) is 59.7 Å². The number of amides is 5. The average Bonchev–Trinajstić information content (AvgIpc) is 3.68. The summed E-state index contributed by atoms with van der Waals surface area (Å²) in [5.74, 6) is -1.93. The number of aromatic nitrogens is 5. The molecule has 3 heterocycles. The van der Waals surface area contributed by atoms with Gasteiger partial charge in [-0.3, -0.25) is 24.0 Å². The molecule has 4 aromatic rings. The normalized spacial score (nSPS) is 17.6. The lowest BCUT2D eigenvalue weighted by Gasteiger charge is -2.45. The smallest absolute Gasteiger partial charge is 0.411 e. The van der Waals surface area contributed by atoms with E-state index < -0.39 is 65.5 Å². The van der Waals surface area contributed by atoms with Crippen LogP contribution in [-0.4, -0.2) is 110 Å². The maximum atomic E-state index is 15.6. The number of nitrogens with zero attached hydrogens (tertiary/aromatic N) is 6. The molecule has 1 unspecified atom stereocenters. The van der Waals surface area contributed by atoms with Crippen LogP contribution in [0.3, 0.4) is 0 Å². The van der Waals surface area contributed by atoms with Crippen molar-refractivity contribution in [1.29, 1.82) is 0 Å². The van der Waals surface area contributed by atoms with E-state index in [1.54, 1.807) is 62.0 Å². The highest BCUT2D eigenvalue weighted by Gasteiger charge is 2.44. The molecule has 21 heteroatoms. The first-order valence-corrected chi connectivity index (χ1v) is 20.4. The number of nitrogens with one attached hydrogen (secondary N) is 4. The highest BCUT2D eigenvalue weighted by Crippen LogP contribution is 2.44. The Morgan fingerprint density at radius 2 is 1.81 bits per heavy atom. The molecule has 1 aliphatic carbocycles. The first-order chi connectivity index (χ1) is 30.2. The molecule has 2 aromatic carbocycles. The number of nitrogens with two attached hydrogens (primary N) is 2. The number of rotatable bonds is 18. The van der Waals surface area contributed by atoms with Crippen LogP contribution in [0.1, 0.15) is 67.7 Å². The summed E-state index contributed by atoms with van der Waals surface area (Å²) in [6.07, 6.45) is 0.739. The van der Waals surface area contributed by atoms with Gasteiger partial charge in [0.05, 0.1) is 42.2 Å². The number of methoxy groups -OCH3 is 1. The molecule has 5 amide bonds. The number of urea groups is 1. The van der Waals surface area contributed by atoms with Crippen LogP contribution in [0.2, 0.25) is 0 Å². The molecule has 336 valence electrons. The van der Waals surface area contributed by atoms with Gasteiger partial charge in [-0.2, -0.15) is 10.2 Å². The van der Waals surface area contributed by atoms with Crippen LogP contribution in [-0.2, 0) is 32.7 Å². The van der Waals surface area contributed by atoms with Gasteiger partial charge in [-0.25, -0.2) is 28.5 Å². The third-order valence-corrected chi connectivity index (χ3v) is 11.0. The lowest BCUT2D eigenvalue weighted by atomic mass is 9.81. The Bertz CT molecular complexity index is 2460. The summed E-state index contributed by atoms with van der Waals surface area (Å²) < 4.78 is 42.8. The van der Waals surface area contributed by atoms with Gasteiger partial charge in [0.15, 0.2) is 0 Å². The van der Waals surface area contributed by atoms with Crippen LogP contribution in [0.5, 0.6) is 0 Å². The molecule has 63 heavy (non-hydrogen) atoms. The van der Waals surface area contributed by atoms with Crippen molar-refractivity contribution in [2.45, 2.75) is 69.9 Å². The second kappa shape index (κ2) is 20.4. The van der Waals surface area contributed by atoms with Gasteiger partial charge >= 0.3 is 12.1 Å². The SMILES string of the molecule is COCCN(CN1C2=c3c(n[nH]c(=O)c3=CC(F)C2)[C@H](c2ncnn2C)[C@H]1c1ccc(F)cc1)C(=O)OCc1ccc(NC(=O)[C@H](CCCNC(N)=O)NC(=O)[C@@H](N)C(C)C)cc1. The quantitative estimate of drug-likeness (QED) is 0.0765. The standard InChI is InChI=1S/C42H52F2N12O7/c1-23(2)34(45)40(59)51-30(6-5-15-47-41(46)60)39(58)50-28-13-7-24(8-14-28)20-63-42(61)55(16-17-62-4)22-56-31-19-27(44)18-29-32(31)35(52-53-38(29)57)33(37-48-21-49-54(37)3)36(56)25-9-11-26(43)12-10-25/h7-14,18,21,23,27,30,33-34,36H,5-6,15-17,19-20,22,45H2,1-4H3,(H,50,58)(H,51,59)(H,53,57)(H3,46,47,60)/t27?,30-,33-,34-,36+/m0/s1. The van der Waals surface area contributed by atoms with Crippen molar-refractivity contribution in [3.8, 4) is 0 Å². The number of hydrogen-bond acceptors (Lipinski definition) is 12. The van der Waals surface area contributed by atoms with Gasteiger partial charge in [0.25, 0.3) is 5.56 Å². The number of halogens is 2. The number of ether oxygens (including phenoxy) is 2. The van der Waals surface area contributed by atoms with Crippen molar-refractivity contribution in [2.75, 3.05) is 38.8 Å². The summed E-state index contributed by atoms with van der Waals surface area (Å²) in [6, 6.07) is 9.08. The highest BCUT2D eigenvalue weighted by atomic mass is 19.1. The Hall–Kier alpha value is -6.74. The maximum absolute atomic E-state index is 15.6. The Morgan fingerprint density at radius 3 is 2.46 bits per heavy atom. The van der Waals surface area contributed by atoms with Gasteiger partial charge in [-0.05, 0) is 60.2 Å². The molecular formula is C42H52F2N12O7. The van der Waals surface area contributed by atoms with E-state index in [0.717, 1.165) is 0 Å². The number of H-pyrrole nitrogens is 1. The second-order valence-electron chi connectivity index (χ2n) is 15.6. The van der Waals surface area contributed by atoms with Crippen molar-refractivity contribution in [1.82, 2.24) is 45.4 Å². The van der Waals surface area contributed by atoms with Crippen molar-refractivity contribution in [2.24, 2.45) is 24.4 Å². The summed E-state index contributed by atoms with van der Waals surface area (Å²) >= 11 is 0. The molecule has 0 radical (unpaired) electrons. The number of benzene rings is 2. The first-order valence-electron chi connectivity index (χ1n) is 20.4. The van der Waals surface area contributed by atoms with Crippen LogP contribution < -0.4 is 43.4 Å². The van der Waals surface area contributed by atoms with Gasteiger partial charge in [0.2, 0.25) is 11.8 Å². The summed E-state index contributed by atoms with van der Waals surface area (Å²) in [5.41, 5.74) is 13.0. The topological polar surface area (TPSA) is 258 Å². The third kappa shape index (κ3) is 10.8. The number of anilines is 1. The predicted molar refractivity (Wildman–Crippen MR) is 226 cm³/mol. The van der Waals surface area contributed by atoms with Gasteiger partial charge in [-0.1, -0.05) is 38.1 Å². The van der Waals surface area contributed by atoms with Crippen molar-refractivity contribution >= 4 is 41.4 Å².